The standard InChI is InChI=1S/C19H37N5/c1-9-20-18(21-12-10-11-19(5,6)7)22-14(2)13-17-15(3)23-24(8)16(17)4/h14H,9-13H2,1-8H3,(H2,20,21,22). The van der Waals surface area contributed by atoms with Gasteiger partial charge in [0.05, 0.1) is 5.69 Å². The van der Waals surface area contributed by atoms with Gasteiger partial charge in [0.25, 0.3) is 0 Å². The Balaban J connectivity index is 2.60. The Morgan fingerprint density at radius 1 is 1.29 bits per heavy atom. The van der Waals surface area contributed by atoms with E-state index in [1.54, 1.807) is 0 Å². The van der Waals surface area contributed by atoms with Crippen LogP contribution in [-0.2, 0) is 13.5 Å². The molecule has 0 aromatic carbocycles. The van der Waals surface area contributed by atoms with Crippen LogP contribution in [0.5, 0.6) is 0 Å². The Kier molecular flexibility index (Phi) is 7.77. The fraction of sp³-hybridized carbons (Fsp3) is 0.789. The fourth-order valence-electron chi connectivity index (χ4n) is 2.82. The van der Waals surface area contributed by atoms with Crippen molar-refractivity contribution < 1.29 is 0 Å². The maximum absolute atomic E-state index is 4.72. The molecule has 0 fully saturated rings. The second-order valence-electron chi connectivity index (χ2n) is 7.95. The Hall–Kier alpha value is -1.52. The van der Waals surface area contributed by atoms with E-state index in [9.17, 15) is 0 Å². The lowest BCUT2D eigenvalue weighted by Crippen LogP contribution is -2.43. The number of aryl methyl sites for hydroxylation is 2. The summed E-state index contributed by atoms with van der Waals surface area (Å²) in [6, 6.07) is 0.312. The molecule has 0 bridgehead atoms. The monoisotopic (exact) mass is 335 g/mol. The lowest BCUT2D eigenvalue weighted by atomic mass is 9.91. The Morgan fingerprint density at radius 2 is 1.96 bits per heavy atom. The molecule has 1 aromatic heterocycles. The van der Waals surface area contributed by atoms with Crippen LogP contribution in [0.3, 0.4) is 0 Å². The van der Waals surface area contributed by atoms with Gasteiger partial charge in [0, 0.05) is 31.9 Å². The average molecular weight is 336 g/mol. The third-order valence-electron chi connectivity index (χ3n) is 4.25. The largest absolute Gasteiger partial charge is 0.357 e. The van der Waals surface area contributed by atoms with Crippen LogP contribution in [0.15, 0.2) is 4.99 Å². The summed E-state index contributed by atoms with van der Waals surface area (Å²) >= 11 is 0. The molecule has 0 aliphatic carbocycles. The Bertz CT molecular complexity index is 537. The van der Waals surface area contributed by atoms with E-state index in [2.05, 4.69) is 64.2 Å². The van der Waals surface area contributed by atoms with Gasteiger partial charge < -0.3 is 10.6 Å². The number of aliphatic imine (C=N–C) groups is 1. The molecule has 1 unspecified atom stereocenters. The summed E-state index contributed by atoms with van der Waals surface area (Å²) in [7, 11) is 2.00. The van der Waals surface area contributed by atoms with Gasteiger partial charge in [-0.15, -0.1) is 0 Å². The van der Waals surface area contributed by atoms with Crippen molar-refractivity contribution >= 4 is 5.96 Å². The van der Waals surface area contributed by atoms with Gasteiger partial charge in [-0.3, -0.25) is 9.67 Å². The van der Waals surface area contributed by atoms with Crippen molar-refractivity contribution in [3.63, 3.8) is 0 Å². The zero-order valence-electron chi connectivity index (χ0n) is 17.0. The molecule has 1 rings (SSSR count). The minimum Gasteiger partial charge on any atom is -0.357 e. The summed E-state index contributed by atoms with van der Waals surface area (Å²) < 4.78 is 1.96. The van der Waals surface area contributed by atoms with E-state index in [0.717, 1.165) is 37.6 Å². The molecule has 138 valence electrons. The minimum atomic E-state index is 0.312. The molecule has 1 heterocycles. The summed E-state index contributed by atoms with van der Waals surface area (Å²) in [6.07, 6.45) is 3.27. The normalized spacial score (nSPS) is 13.9. The zero-order chi connectivity index (χ0) is 18.3. The Morgan fingerprint density at radius 3 is 2.46 bits per heavy atom. The second-order valence-corrected chi connectivity index (χ2v) is 7.95. The molecule has 0 radical (unpaired) electrons. The maximum Gasteiger partial charge on any atom is 0.191 e. The number of rotatable bonds is 7. The highest BCUT2D eigenvalue weighted by Crippen LogP contribution is 2.20. The number of nitrogens with zero attached hydrogens (tertiary/aromatic N) is 3. The van der Waals surface area contributed by atoms with Gasteiger partial charge in [0.2, 0.25) is 0 Å². The van der Waals surface area contributed by atoms with Crippen LogP contribution >= 0.6 is 0 Å². The maximum atomic E-state index is 4.72. The first-order valence-electron chi connectivity index (χ1n) is 9.18. The van der Waals surface area contributed by atoms with Crippen molar-refractivity contribution in [1.29, 1.82) is 0 Å². The zero-order valence-corrected chi connectivity index (χ0v) is 17.0. The van der Waals surface area contributed by atoms with Crippen molar-refractivity contribution in [1.82, 2.24) is 20.4 Å². The number of guanidine groups is 1. The van der Waals surface area contributed by atoms with E-state index in [4.69, 9.17) is 4.99 Å². The van der Waals surface area contributed by atoms with Gasteiger partial charge in [-0.05, 0) is 57.9 Å². The lowest BCUT2D eigenvalue weighted by molar-refractivity contribution is 0.368. The first-order valence-corrected chi connectivity index (χ1v) is 9.18. The van der Waals surface area contributed by atoms with Crippen molar-refractivity contribution in [2.45, 2.75) is 73.8 Å². The summed E-state index contributed by atoms with van der Waals surface area (Å²) in [4.78, 5) is 4.72. The van der Waals surface area contributed by atoms with Crippen LogP contribution in [-0.4, -0.2) is 34.9 Å². The van der Waals surface area contributed by atoms with Crippen LogP contribution in [0.1, 0.15) is 64.4 Å². The predicted octanol–water partition coefficient (Wildman–Crippen LogP) is 3.35. The highest BCUT2D eigenvalue weighted by atomic mass is 15.3. The highest BCUT2D eigenvalue weighted by Gasteiger charge is 2.14. The minimum absolute atomic E-state index is 0.312. The molecule has 1 aromatic rings. The molecule has 0 saturated carbocycles. The Labute approximate surface area is 148 Å². The van der Waals surface area contributed by atoms with E-state index < -0.39 is 0 Å². The molecule has 0 amide bonds. The van der Waals surface area contributed by atoms with E-state index in [-0.39, 0.29) is 0 Å². The molecule has 24 heavy (non-hydrogen) atoms. The molecule has 5 heteroatoms. The van der Waals surface area contributed by atoms with Crippen molar-refractivity contribution in [3.05, 3.63) is 17.0 Å². The van der Waals surface area contributed by atoms with Crippen LogP contribution in [0.4, 0.5) is 0 Å². The number of nitrogens with one attached hydrogen (secondary N) is 2. The van der Waals surface area contributed by atoms with Crippen LogP contribution in [0.25, 0.3) is 0 Å². The molecular weight excluding hydrogens is 298 g/mol. The first kappa shape index (κ1) is 20.5. The quantitative estimate of drug-likeness (QED) is 0.456. The molecule has 2 N–H and O–H groups in total. The van der Waals surface area contributed by atoms with E-state index in [1.807, 2.05) is 11.7 Å². The predicted molar refractivity (Wildman–Crippen MR) is 104 cm³/mol. The molecule has 1 atom stereocenters. The summed E-state index contributed by atoms with van der Waals surface area (Å²) in [5.74, 6) is 0.915. The third kappa shape index (κ3) is 6.93. The van der Waals surface area contributed by atoms with Gasteiger partial charge in [0.15, 0.2) is 5.96 Å². The number of aromatic nitrogens is 2. The average Bonchev–Trinajstić information content (AvgIpc) is 2.69. The van der Waals surface area contributed by atoms with Crippen molar-refractivity contribution in [2.75, 3.05) is 13.1 Å². The molecule has 0 aliphatic heterocycles. The lowest BCUT2D eigenvalue weighted by Gasteiger charge is -2.19. The topological polar surface area (TPSA) is 54.2 Å². The van der Waals surface area contributed by atoms with Crippen molar-refractivity contribution in [3.8, 4) is 0 Å². The van der Waals surface area contributed by atoms with E-state index in [0.29, 0.717) is 11.5 Å². The summed E-state index contributed by atoms with van der Waals surface area (Å²) in [5, 5.41) is 11.4. The van der Waals surface area contributed by atoms with Crippen LogP contribution < -0.4 is 10.6 Å². The molecule has 5 nitrogen and oxygen atoms in total. The van der Waals surface area contributed by atoms with Crippen LogP contribution in [0, 0.1) is 19.3 Å². The van der Waals surface area contributed by atoms with Gasteiger partial charge in [-0.2, -0.15) is 5.10 Å². The van der Waals surface area contributed by atoms with Gasteiger partial charge in [0.1, 0.15) is 0 Å². The highest BCUT2D eigenvalue weighted by molar-refractivity contribution is 5.80. The van der Waals surface area contributed by atoms with E-state index in [1.165, 1.54) is 17.7 Å². The first-order chi connectivity index (χ1) is 11.1. The smallest absolute Gasteiger partial charge is 0.191 e. The van der Waals surface area contributed by atoms with Gasteiger partial charge in [-0.25, -0.2) is 0 Å². The fourth-order valence-corrected chi connectivity index (χ4v) is 2.82. The number of hydrogen-bond donors (Lipinski definition) is 2. The molecule has 0 saturated heterocycles. The summed E-state index contributed by atoms with van der Waals surface area (Å²) in [6.45, 7) is 17.1. The second kappa shape index (κ2) is 9.09. The molecule has 0 spiro atoms. The van der Waals surface area contributed by atoms with Crippen LogP contribution in [0.2, 0.25) is 0 Å². The third-order valence-corrected chi connectivity index (χ3v) is 4.25. The molecular formula is C19H37N5. The summed E-state index contributed by atoms with van der Waals surface area (Å²) in [5.41, 5.74) is 4.08. The van der Waals surface area contributed by atoms with E-state index >= 15 is 0 Å². The number of hydrogen-bond acceptors (Lipinski definition) is 2. The van der Waals surface area contributed by atoms with Gasteiger partial charge in [-0.1, -0.05) is 20.8 Å². The van der Waals surface area contributed by atoms with Crippen molar-refractivity contribution in [2.24, 2.45) is 17.5 Å². The van der Waals surface area contributed by atoms with Gasteiger partial charge >= 0.3 is 0 Å². The SMILES string of the molecule is CCNC(=NCCCC(C)(C)C)NC(C)Cc1c(C)nn(C)c1C. The molecule has 0 aliphatic rings.